The van der Waals surface area contributed by atoms with Crippen molar-refractivity contribution in [1.82, 2.24) is 4.98 Å². The number of fused-ring (bicyclic) bond motifs is 1. The number of aromatic nitrogens is 1. The predicted octanol–water partition coefficient (Wildman–Crippen LogP) is 6.71. The maximum absolute atomic E-state index is 10.1. The summed E-state index contributed by atoms with van der Waals surface area (Å²) in [6, 6.07) is 30.6. The van der Waals surface area contributed by atoms with Crippen LogP contribution in [0.4, 0.5) is 17.1 Å². The molecule has 1 aliphatic rings. The van der Waals surface area contributed by atoms with Crippen LogP contribution < -0.4 is 15.5 Å². The molecule has 172 valence electrons. The molecule has 2 N–H and O–H groups in total. The van der Waals surface area contributed by atoms with Gasteiger partial charge in [0.1, 0.15) is 0 Å². The second kappa shape index (κ2) is 10.3. The number of rotatable bonds is 7. The Morgan fingerprint density at radius 1 is 0.914 bits per heavy atom. The quantitative estimate of drug-likeness (QED) is 0.309. The molecule has 0 atom stereocenters. The second-order valence-corrected chi connectivity index (χ2v) is 8.83. The molecule has 0 amide bonds. The molecule has 2 heterocycles. The van der Waals surface area contributed by atoms with Gasteiger partial charge in [-0.05, 0) is 53.6 Å². The largest absolute Gasteiger partial charge is 0.381 e. The highest BCUT2D eigenvalue weighted by Gasteiger charge is 2.25. The van der Waals surface area contributed by atoms with Crippen molar-refractivity contribution in [3.8, 4) is 6.07 Å². The van der Waals surface area contributed by atoms with Crippen LogP contribution in [0.3, 0.4) is 0 Å². The molecule has 5 nitrogen and oxygen atoms in total. The molecule has 0 unspecified atom stereocenters. The standard InChI is InChI=1S/C29H24ClN5/c30-24-9-4-10-26(14-24)34-29-23(16-31)20-35(19-21-6-2-1-3-7-21)28-12-11-25(15-27(28)29)33-18-22-8-5-13-32-17-22/h1-15,17,33-34H,18-20H2. The molecule has 1 aliphatic heterocycles. The van der Waals surface area contributed by atoms with E-state index in [4.69, 9.17) is 11.6 Å². The smallest absolute Gasteiger partial charge is 0.0988 e. The first-order valence-electron chi connectivity index (χ1n) is 11.4. The fourth-order valence-electron chi connectivity index (χ4n) is 4.24. The Labute approximate surface area is 210 Å². The Bertz CT molecular complexity index is 1390. The highest BCUT2D eigenvalue weighted by Crippen LogP contribution is 2.38. The predicted molar refractivity (Wildman–Crippen MR) is 143 cm³/mol. The zero-order valence-electron chi connectivity index (χ0n) is 19.1. The van der Waals surface area contributed by atoms with Gasteiger partial charge in [-0.15, -0.1) is 0 Å². The Balaban J connectivity index is 1.52. The van der Waals surface area contributed by atoms with Gasteiger partial charge < -0.3 is 15.5 Å². The molecule has 35 heavy (non-hydrogen) atoms. The minimum Gasteiger partial charge on any atom is -0.381 e. The molecule has 4 aromatic rings. The molecule has 0 bridgehead atoms. The van der Waals surface area contributed by atoms with Gasteiger partial charge in [0, 0.05) is 53.1 Å². The van der Waals surface area contributed by atoms with Crippen LogP contribution in [0.5, 0.6) is 0 Å². The summed E-state index contributed by atoms with van der Waals surface area (Å²) in [4.78, 5) is 6.44. The summed E-state index contributed by atoms with van der Waals surface area (Å²) in [6.45, 7) is 1.89. The van der Waals surface area contributed by atoms with Gasteiger partial charge in [0.15, 0.2) is 0 Å². The number of nitriles is 1. The molecular formula is C29H24ClN5. The first kappa shape index (κ1) is 22.5. The van der Waals surface area contributed by atoms with E-state index in [1.165, 1.54) is 5.56 Å². The van der Waals surface area contributed by atoms with E-state index < -0.39 is 0 Å². The van der Waals surface area contributed by atoms with E-state index in [0.717, 1.165) is 33.9 Å². The Morgan fingerprint density at radius 3 is 2.54 bits per heavy atom. The molecule has 0 saturated carbocycles. The maximum atomic E-state index is 10.1. The average molecular weight is 478 g/mol. The summed E-state index contributed by atoms with van der Waals surface area (Å²) in [5.74, 6) is 0. The van der Waals surface area contributed by atoms with Crippen LogP contribution in [-0.2, 0) is 13.1 Å². The summed E-state index contributed by atoms with van der Waals surface area (Å²) in [5.41, 5.74) is 7.64. The number of nitrogens with one attached hydrogen (secondary N) is 2. The lowest BCUT2D eigenvalue weighted by molar-refractivity contribution is 0.844. The highest BCUT2D eigenvalue weighted by atomic mass is 35.5. The van der Waals surface area contributed by atoms with E-state index >= 15 is 0 Å². The van der Waals surface area contributed by atoms with E-state index in [1.807, 2.05) is 60.8 Å². The summed E-state index contributed by atoms with van der Waals surface area (Å²) in [7, 11) is 0. The number of nitrogens with zero attached hydrogens (tertiary/aromatic N) is 3. The highest BCUT2D eigenvalue weighted by molar-refractivity contribution is 6.30. The molecular weight excluding hydrogens is 454 g/mol. The summed E-state index contributed by atoms with van der Waals surface area (Å²) in [6.07, 6.45) is 3.62. The number of benzene rings is 3. The van der Waals surface area contributed by atoms with Gasteiger partial charge in [-0.2, -0.15) is 5.26 Å². The normalized spacial score (nSPS) is 12.6. The van der Waals surface area contributed by atoms with E-state index in [9.17, 15) is 5.26 Å². The first-order chi connectivity index (χ1) is 17.2. The van der Waals surface area contributed by atoms with E-state index in [1.54, 1.807) is 6.20 Å². The summed E-state index contributed by atoms with van der Waals surface area (Å²) >= 11 is 6.23. The molecule has 5 rings (SSSR count). The van der Waals surface area contributed by atoms with Crippen molar-refractivity contribution in [2.75, 3.05) is 22.1 Å². The lowest BCUT2D eigenvalue weighted by atomic mass is 9.97. The maximum Gasteiger partial charge on any atom is 0.0988 e. The summed E-state index contributed by atoms with van der Waals surface area (Å²) in [5, 5.41) is 17.7. The molecule has 0 spiro atoms. The van der Waals surface area contributed by atoms with E-state index in [-0.39, 0.29) is 0 Å². The Morgan fingerprint density at radius 2 is 1.77 bits per heavy atom. The van der Waals surface area contributed by atoms with Gasteiger partial charge in [-0.1, -0.05) is 54.1 Å². The third-order valence-corrected chi connectivity index (χ3v) is 6.16. The molecule has 1 aromatic heterocycles. The zero-order valence-corrected chi connectivity index (χ0v) is 19.8. The van der Waals surface area contributed by atoms with Crippen LogP contribution in [0.25, 0.3) is 5.70 Å². The van der Waals surface area contributed by atoms with Crippen molar-refractivity contribution in [3.05, 3.63) is 125 Å². The number of halogens is 1. The molecule has 0 fully saturated rings. The van der Waals surface area contributed by atoms with Crippen LogP contribution in [-0.4, -0.2) is 11.5 Å². The van der Waals surface area contributed by atoms with Crippen LogP contribution in [0.1, 0.15) is 16.7 Å². The monoisotopic (exact) mass is 477 g/mol. The SMILES string of the molecule is N#CC1=C(Nc2cccc(Cl)c2)c2cc(NCc3cccnc3)ccc2N(Cc2ccccc2)C1. The van der Waals surface area contributed by atoms with Gasteiger partial charge in [-0.3, -0.25) is 4.98 Å². The number of hydrogen-bond donors (Lipinski definition) is 2. The van der Waals surface area contributed by atoms with Crippen LogP contribution in [0, 0.1) is 11.3 Å². The minimum atomic E-state index is 0.518. The van der Waals surface area contributed by atoms with Gasteiger partial charge >= 0.3 is 0 Å². The fraction of sp³-hybridized carbons (Fsp3) is 0.103. The number of pyridine rings is 1. The van der Waals surface area contributed by atoms with Crippen molar-refractivity contribution < 1.29 is 0 Å². The lowest BCUT2D eigenvalue weighted by Gasteiger charge is -2.33. The van der Waals surface area contributed by atoms with Crippen LogP contribution in [0.2, 0.25) is 5.02 Å². The second-order valence-electron chi connectivity index (χ2n) is 8.39. The van der Waals surface area contributed by atoms with Gasteiger partial charge in [0.2, 0.25) is 0 Å². The third-order valence-electron chi connectivity index (χ3n) is 5.92. The molecule has 3 aromatic carbocycles. The number of hydrogen-bond acceptors (Lipinski definition) is 5. The Hall–Kier alpha value is -4.27. The zero-order chi connectivity index (χ0) is 24.0. The topological polar surface area (TPSA) is 64.0 Å². The van der Waals surface area contributed by atoms with Crippen molar-refractivity contribution in [3.63, 3.8) is 0 Å². The van der Waals surface area contributed by atoms with Crippen molar-refractivity contribution >= 4 is 34.4 Å². The summed E-state index contributed by atoms with van der Waals surface area (Å²) < 4.78 is 0. The van der Waals surface area contributed by atoms with E-state index in [2.05, 4.69) is 56.9 Å². The van der Waals surface area contributed by atoms with E-state index in [0.29, 0.717) is 30.2 Å². The first-order valence-corrected chi connectivity index (χ1v) is 11.8. The molecule has 0 aliphatic carbocycles. The third kappa shape index (κ3) is 5.29. The molecule has 0 radical (unpaired) electrons. The number of anilines is 3. The van der Waals surface area contributed by atoms with Crippen LogP contribution in [0.15, 0.2) is 103 Å². The Kier molecular flexibility index (Phi) is 6.65. The molecule has 0 saturated heterocycles. The fourth-order valence-corrected chi connectivity index (χ4v) is 4.43. The van der Waals surface area contributed by atoms with Crippen LogP contribution >= 0.6 is 11.6 Å². The molecule has 6 heteroatoms. The van der Waals surface area contributed by atoms with Gasteiger partial charge in [0.05, 0.1) is 23.9 Å². The van der Waals surface area contributed by atoms with Gasteiger partial charge in [0.25, 0.3) is 0 Å². The average Bonchev–Trinajstić information content (AvgIpc) is 2.90. The van der Waals surface area contributed by atoms with Crippen molar-refractivity contribution in [2.24, 2.45) is 0 Å². The van der Waals surface area contributed by atoms with Crippen molar-refractivity contribution in [2.45, 2.75) is 13.1 Å². The minimum absolute atomic E-state index is 0.518. The van der Waals surface area contributed by atoms with Crippen molar-refractivity contribution in [1.29, 1.82) is 5.26 Å². The lowest BCUT2D eigenvalue weighted by Crippen LogP contribution is -2.30. The van der Waals surface area contributed by atoms with Gasteiger partial charge in [-0.25, -0.2) is 0 Å².